The summed E-state index contributed by atoms with van der Waals surface area (Å²) in [5, 5.41) is 9.58. The Bertz CT molecular complexity index is 818. The van der Waals surface area contributed by atoms with Gasteiger partial charge < -0.3 is 4.74 Å². The van der Waals surface area contributed by atoms with Gasteiger partial charge in [-0.25, -0.2) is 4.39 Å². The molecule has 1 heterocycles. The van der Waals surface area contributed by atoms with Gasteiger partial charge in [-0.3, -0.25) is 0 Å². The standard InChI is InChI=1S/C15H9FN2OS/c1-19-14-12(16)6-11-8-18-20-15(11)13(14)10-4-2-9(7-17)3-5-10/h2-6,8H,1H3. The van der Waals surface area contributed by atoms with Crippen LogP contribution in [0.3, 0.4) is 0 Å². The Balaban J connectivity index is 2.32. The number of hydrogen-bond donors (Lipinski definition) is 0. The molecule has 0 atom stereocenters. The number of nitrogens with zero attached hydrogens (tertiary/aromatic N) is 2. The Hall–Kier alpha value is -2.45. The van der Waals surface area contributed by atoms with Gasteiger partial charge in [-0.15, -0.1) is 0 Å². The molecule has 5 heteroatoms. The predicted octanol–water partition coefficient (Wildman–Crippen LogP) is 3.98. The zero-order valence-electron chi connectivity index (χ0n) is 10.6. The molecule has 98 valence electrons. The maximum Gasteiger partial charge on any atom is 0.166 e. The number of methoxy groups -OCH3 is 1. The van der Waals surface area contributed by atoms with Crippen molar-refractivity contribution < 1.29 is 9.13 Å². The van der Waals surface area contributed by atoms with Crippen LogP contribution in [0.2, 0.25) is 0 Å². The van der Waals surface area contributed by atoms with Crippen molar-refractivity contribution in [3.8, 4) is 22.9 Å². The van der Waals surface area contributed by atoms with Gasteiger partial charge in [0, 0.05) is 17.1 Å². The van der Waals surface area contributed by atoms with E-state index in [4.69, 9.17) is 10.00 Å². The first-order valence-electron chi connectivity index (χ1n) is 5.86. The van der Waals surface area contributed by atoms with Crippen molar-refractivity contribution >= 4 is 21.6 Å². The highest BCUT2D eigenvalue weighted by Crippen LogP contribution is 2.40. The topological polar surface area (TPSA) is 45.9 Å². The maximum atomic E-state index is 14.1. The number of benzene rings is 2. The van der Waals surface area contributed by atoms with Crippen LogP contribution in [0.4, 0.5) is 4.39 Å². The van der Waals surface area contributed by atoms with Crippen LogP contribution < -0.4 is 4.74 Å². The lowest BCUT2D eigenvalue weighted by atomic mass is 10.0. The number of rotatable bonds is 2. The largest absolute Gasteiger partial charge is 0.493 e. The normalized spacial score (nSPS) is 10.4. The van der Waals surface area contributed by atoms with E-state index in [1.165, 1.54) is 24.7 Å². The molecule has 0 spiro atoms. The van der Waals surface area contributed by atoms with E-state index in [0.29, 0.717) is 11.1 Å². The molecule has 2 aromatic carbocycles. The summed E-state index contributed by atoms with van der Waals surface area (Å²) in [6.45, 7) is 0. The van der Waals surface area contributed by atoms with Crippen molar-refractivity contribution in [2.45, 2.75) is 0 Å². The zero-order chi connectivity index (χ0) is 14.1. The van der Waals surface area contributed by atoms with Crippen LogP contribution in [0.25, 0.3) is 21.2 Å². The van der Waals surface area contributed by atoms with Gasteiger partial charge in [-0.05, 0) is 35.3 Å². The minimum absolute atomic E-state index is 0.200. The van der Waals surface area contributed by atoms with Crippen molar-refractivity contribution in [1.82, 2.24) is 4.37 Å². The predicted molar refractivity (Wildman–Crippen MR) is 76.3 cm³/mol. The van der Waals surface area contributed by atoms with Gasteiger partial charge in [0.05, 0.1) is 23.4 Å². The second kappa shape index (κ2) is 4.91. The summed E-state index contributed by atoms with van der Waals surface area (Å²) in [6.07, 6.45) is 1.63. The van der Waals surface area contributed by atoms with E-state index in [1.54, 1.807) is 30.5 Å². The molecule has 0 fully saturated rings. The lowest BCUT2D eigenvalue weighted by Crippen LogP contribution is -1.92. The molecule has 3 aromatic rings. The quantitative estimate of drug-likeness (QED) is 0.715. The molecule has 3 nitrogen and oxygen atoms in total. The minimum atomic E-state index is -0.417. The number of hydrogen-bond acceptors (Lipinski definition) is 4. The molecule has 0 saturated heterocycles. The van der Waals surface area contributed by atoms with E-state index in [1.807, 2.05) is 0 Å². The minimum Gasteiger partial charge on any atom is -0.493 e. The highest BCUT2D eigenvalue weighted by molar-refractivity contribution is 7.14. The van der Waals surface area contributed by atoms with Crippen molar-refractivity contribution in [3.05, 3.63) is 47.9 Å². The van der Waals surface area contributed by atoms with Crippen LogP contribution in [0.5, 0.6) is 5.75 Å². The molecular formula is C15H9FN2OS. The molecule has 1 aromatic heterocycles. The molecular weight excluding hydrogens is 275 g/mol. The summed E-state index contributed by atoms with van der Waals surface area (Å²) in [7, 11) is 1.44. The first kappa shape index (κ1) is 12.6. The number of halogens is 1. The Kier molecular flexibility index (Phi) is 3.09. The lowest BCUT2D eigenvalue weighted by molar-refractivity contribution is 0.389. The molecule has 20 heavy (non-hydrogen) atoms. The van der Waals surface area contributed by atoms with E-state index in [0.717, 1.165) is 15.6 Å². The van der Waals surface area contributed by atoms with Gasteiger partial charge in [-0.2, -0.15) is 9.64 Å². The average Bonchev–Trinajstić information content (AvgIpc) is 2.93. The van der Waals surface area contributed by atoms with Crippen LogP contribution in [-0.4, -0.2) is 11.5 Å². The molecule has 0 aliphatic heterocycles. The fourth-order valence-electron chi connectivity index (χ4n) is 2.14. The van der Waals surface area contributed by atoms with Gasteiger partial charge in [0.15, 0.2) is 11.6 Å². The second-order valence-corrected chi connectivity index (χ2v) is 5.00. The van der Waals surface area contributed by atoms with E-state index in [2.05, 4.69) is 10.4 Å². The summed E-state index contributed by atoms with van der Waals surface area (Å²) in [5.41, 5.74) is 2.04. The summed E-state index contributed by atoms with van der Waals surface area (Å²) >= 11 is 1.30. The Morgan fingerprint density at radius 1 is 1.30 bits per heavy atom. The molecule has 0 unspecified atom stereocenters. The highest BCUT2D eigenvalue weighted by atomic mass is 32.1. The van der Waals surface area contributed by atoms with Crippen LogP contribution in [-0.2, 0) is 0 Å². The highest BCUT2D eigenvalue weighted by Gasteiger charge is 2.17. The summed E-state index contributed by atoms with van der Waals surface area (Å²) in [4.78, 5) is 0. The smallest absolute Gasteiger partial charge is 0.166 e. The summed E-state index contributed by atoms with van der Waals surface area (Å²) in [5.74, 6) is -0.217. The molecule has 0 N–H and O–H groups in total. The Morgan fingerprint density at radius 2 is 2.05 bits per heavy atom. The molecule has 3 rings (SSSR count). The fraction of sp³-hybridized carbons (Fsp3) is 0.0667. The summed E-state index contributed by atoms with van der Waals surface area (Å²) in [6, 6.07) is 10.5. The molecule has 0 amide bonds. The Labute approximate surface area is 119 Å². The number of aromatic nitrogens is 1. The van der Waals surface area contributed by atoms with Crippen LogP contribution in [0, 0.1) is 17.1 Å². The first-order valence-corrected chi connectivity index (χ1v) is 6.63. The molecule has 0 radical (unpaired) electrons. The third kappa shape index (κ3) is 1.91. The fourth-order valence-corrected chi connectivity index (χ4v) is 2.93. The van der Waals surface area contributed by atoms with Gasteiger partial charge >= 0.3 is 0 Å². The van der Waals surface area contributed by atoms with Gasteiger partial charge in [0.2, 0.25) is 0 Å². The Morgan fingerprint density at radius 3 is 2.70 bits per heavy atom. The van der Waals surface area contributed by atoms with E-state index < -0.39 is 5.82 Å². The monoisotopic (exact) mass is 284 g/mol. The van der Waals surface area contributed by atoms with E-state index in [-0.39, 0.29) is 5.75 Å². The van der Waals surface area contributed by atoms with Gasteiger partial charge in [-0.1, -0.05) is 12.1 Å². The van der Waals surface area contributed by atoms with Crippen LogP contribution >= 0.6 is 11.5 Å². The van der Waals surface area contributed by atoms with Gasteiger partial charge in [0.25, 0.3) is 0 Å². The SMILES string of the molecule is COc1c(F)cc2cnsc2c1-c1ccc(C#N)cc1. The molecule has 0 aliphatic carbocycles. The molecule has 0 bridgehead atoms. The van der Waals surface area contributed by atoms with Gasteiger partial charge in [0.1, 0.15) is 0 Å². The van der Waals surface area contributed by atoms with Crippen molar-refractivity contribution in [2.75, 3.05) is 7.11 Å². The number of ether oxygens (including phenoxy) is 1. The number of fused-ring (bicyclic) bond motifs is 1. The lowest BCUT2D eigenvalue weighted by Gasteiger charge is -2.11. The average molecular weight is 284 g/mol. The first-order chi connectivity index (χ1) is 9.74. The summed E-state index contributed by atoms with van der Waals surface area (Å²) < 4.78 is 24.3. The van der Waals surface area contributed by atoms with Crippen molar-refractivity contribution in [3.63, 3.8) is 0 Å². The van der Waals surface area contributed by atoms with Crippen molar-refractivity contribution in [2.24, 2.45) is 0 Å². The van der Waals surface area contributed by atoms with E-state index in [9.17, 15) is 4.39 Å². The third-order valence-electron chi connectivity index (χ3n) is 3.06. The van der Waals surface area contributed by atoms with E-state index >= 15 is 0 Å². The number of nitriles is 1. The van der Waals surface area contributed by atoms with Crippen LogP contribution in [0.1, 0.15) is 5.56 Å². The molecule has 0 saturated carbocycles. The van der Waals surface area contributed by atoms with Crippen LogP contribution in [0.15, 0.2) is 36.5 Å². The third-order valence-corrected chi connectivity index (χ3v) is 3.89. The molecule has 0 aliphatic rings. The van der Waals surface area contributed by atoms with Crippen molar-refractivity contribution in [1.29, 1.82) is 5.26 Å². The zero-order valence-corrected chi connectivity index (χ0v) is 11.4. The second-order valence-electron chi connectivity index (χ2n) is 4.20. The maximum absolute atomic E-state index is 14.1.